The third-order valence-corrected chi connectivity index (χ3v) is 19.3. The van der Waals surface area contributed by atoms with E-state index in [-0.39, 0.29) is 11.6 Å². The summed E-state index contributed by atoms with van der Waals surface area (Å²) < 4.78 is 20.2. The topological polar surface area (TPSA) is 88.4 Å². The molecule has 0 radical (unpaired) electrons. The summed E-state index contributed by atoms with van der Waals surface area (Å²) in [6.07, 6.45) is -6.41. The van der Waals surface area contributed by atoms with Gasteiger partial charge < -0.3 is 28.9 Å². The molecule has 244 valence electrons. The minimum Gasteiger partial charge on any atom is -0.405 e. The van der Waals surface area contributed by atoms with E-state index >= 15 is 0 Å². The Labute approximate surface area is 275 Å². The minimum atomic E-state index is -3.19. The predicted molar refractivity (Wildman–Crippen MR) is 189 cm³/mol. The molecule has 1 saturated heterocycles. The fraction of sp³-hybridized carbons (Fsp3) is 0.368. The number of hydrogen-bond acceptors (Lipinski definition) is 6. The lowest BCUT2D eigenvalue weighted by Crippen LogP contribution is -2.72. The normalized spacial score (nSPS) is 22.8. The summed E-state index contributed by atoms with van der Waals surface area (Å²) in [6.45, 7) is 13.0. The molecule has 1 aliphatic heterocycles. The molecular formula is C38H48O6Si2. The Hall–Kier alpha value is -2.93. The van der Waals surface area contributed by atoms with Crippen molar-refractivity contribution in [2.75, 3.05) is 6.61 Å². The molecule has 5 rings (SSSR count). The average molecular weight is 657 g/mol. The quantitative estimate of drug-likeness (QED) is 0.237. The van der Waals surface area contributed by atoms with Crippen LogP contribution >= 0.6 is 0 Å². The van der Waals surface area contributed by atoms with Gasteiger partial charge in [0.1, 0.15) is 24.4 Å². The Morgan fingerprint density at radius 2 is 0.891 bits per heavy atom. The first kappa shape index (κ1) is 34.4. The molecule has 8 heteroatoms. The molecule has 5 atom stereocenters. The Kier molecular flexibility index (Phi) is 10.2. The second-order valence-electron chi connectivity index (χ2n) is 14.3. The maximum absolute atomic E-state index is 12.0. The average Bonchev–Trinajstić information content (AvgIpc) is 3.04. The molecule has 0 bridgehead atoms. The third kappa shape index (κ3) is 6.33. The molecule has 0 aliphatic carbocycles. The largest absolute Gasteiger partial charge is 0.405 e. The number of ether oxygens (including phenoxy) is 1. The first-order chi connectivity index (χ1) is 21.8. The first-order valence-corrected chi connectivity index (χ1v) is 19.9. The summed E-state index contributed by atoms with van der Waals surface area (Å²) in [7, 11) is -6.17. The molecule has 0 saturated carbocycles. The predicted octanol–water partition coefficient (Wildman–Crippen LogP) is 3.95. The van der Waals surface area contributed by atoms with E-state index in [0.717, 1.165) is 20.7 Å². The summed E-state index contributed by atoms with van der Waals surface area (Å²) in [5.74, 6) is 0. The molecule has 46 heavy (non-hydrogen) atoms. The zero-order valence-electron chi connectivity index (χ0n) is 27.7. The molecule has 4 aromatic carbocycles. The van der Waals surface area contributed by atoms with Crippen molar-refractivity contribution in [2.24, 2.45) is 0 Å². The summed E-state index contributed by atoms with van der Waals surface area (Å²) in [5, 5.41) is 38.0. The van der Waals surface area contributed by atoms with Crippen LogP contribution in [-0.4, -0.2) is 69.3 Å². The van der Waals surface area contributed by atoms with Crippen molar-refractivity contribution >= 4 is 37.4 Å². The molecular weight excluding hydrogens is 609 g/mol. The second-order valence-corrected chi connectivity index (χ2v) is 22.8. The van der Waals surface area contributed by atoms with Gasteiger partial charge in [-0.25, -0.2) is 0 Å². The smallest absolute Gasteiger partial charge is 0.261 e. The number of hydrogen-bond donors (Lipinski definition) is 3. The highest BCUT2D eigenvalue weighted by molar-refractivity contribution is 7.00. The zero-order chi connectivity index (χ0) is 33.2. The van der Waals surface area contributed by atoms with E-state index in [9.17, 15) is 15.3 Å². The monoisotopic (exact) mass is 656 g/mol. The van der Waals surface area contributed by atoms with E-state index < -0.39 is 52.4 Å². The number of aliphatic hydroxyl groups excluding tert-OH is 3. The van der Waals surface area contributed by atoms with Crippen molar-refractivity contribution < 1.29 is 28.9 Å². The van der Waals surface area contributed by atoms with Gasteiger partial charge in [-0.15, -0.1) is 0 Å². The lowest BCUT2D eigenvalue weighted by Gasteiger charge is -2.50. The highest BCUT2D eigenvalue weighted by Crippen LogP contribution is 2.40. The van der Waals surface area contributed by atoms with Crippen molar-refractivity contribution in [3.8, 4) is 0 Å². The summed E-state index contributed by atoms with van der Waals surface area (Å²) in [5.41, 5.74) is 0. The first-order valence-electron chi connectivity index (χ1n) is 16.1. The van der Waals surface area contributed by atoms with Crippen LogP contribution < -0.4 is 20.7 Å². The Bertz CT molecular complexity index is 1440. The van der Waals surface area contributed by atoms with Crippen LogP contribution in [0.1, 0.15) is 41.5 Å². The van der Waals surface area contributed by atoms with Gasteiger partial charge in [0, 0.05) is 0 Å². The zero-order valence-corrected chi connectivity index (χ0v) is 29.7. The van der Waals surface area contributed by atoms with Gasteiger partial charge in [-0.05, 0) is 30.8 Å². The van der Waals surface area contributed by atoms with Gasteiger partial charge in [0.25, 0.3) is 16.6 Å². The highest BCUT2D eigenvalue weighted by atomic mass is 28.4. The fourth-order valence-corrected chi connectivity index (χ4v) is 16.3. The lowest BCUT2D eigenvalue weighted by atomic mass is 9.99. The maximum atomic E-state index is 12.0. The van der Waals surface area contributed by atoms with Crippen LogP contribution in [0, 0.1) is 0 Å². The molecule has 0 aromatic heterocycles. The highest BCUT2D eigenvalue weighted by Gasteiger charge is 2.57. The van der Waals surface area contributed by atoms with E-state index in [1.165, 1.54) is 0 Å². The van der Waals surface area contributed by atoms with Gasteiger partial charge in [-0.1, -0.05) is 163 Å². The van der Waals surface area contributed by atoms with Crippen LogP contribution in [0.5, 0.6) is 0 Å². The minimum absolute atomic E-state index is 0.00116. The molecule has 0 amide bonds. The van der Waals surface area contributed by atoms with E-state index in [1.54, 1.807) is 0 Å². The standard InChI is InChI=1S/C38H48O6Si2/c1-37(2,3)45(28-19-11-7-12-20-28,29-21-13-8-14-22-29)42-27-32-33(39)35(34(40)36(41)43-32)44-46(38(4,5)6,30-23-15-9-16-24-30)31-25-17-10-18-26-31/h7-26,32-36,39-41H,27H2,1-6H3/t32-,33-,34-,35+,36+/m1/s1. The molecule has 3 N–H and O–H groups in total. The number of benzene rings is 4. The molecule has 1 heterocycles. The van der Waals surface area contributed by atoms with Gasteiger partial charge in [0.15, 0.2) is 6.29 Å². The molecule has 6 nitrogen and oxygen atoms in total. The van der Waals surface area contributed by atoms with Crippen LogP contribution in [0.25, 0.3) is 0 Å². The van der Waals surface area contributed by atoms with Crippen molar-refractivity contribution in [1.29, 1.82) is 0 Å². The van der Waals surface area contributed by atoms with E-state index in [4.69, 9.17) is 13.6 Å². The number of aliphatic hydroxyl groups is 3. The van der Waals surface area contributed by atoms with E-state index in [2.05, 4.69) is 90.1 Å². The lowest BCUT2D eigenvalue weighted by molar-refractivity contribution is -0.282. The van der Waals surface area contributed by atoms with Crippen molar-refractivity contribution in [3.05, 3.63) is 121 Å². The molecule has 0 spiro atoms. The van der Waals surface area contributed by atoms with Crippen LogP contribution in [0.4, 0.5) is 0 Å². The van der Waals surface area contributed by atoms with Gasteiger partial charge in [0.2, 0.25) is 0 Å². The number of rotatable bonds is 9. The van der Waals surface area contributed by atoms with Crippen LogP contribution in [0.3, 0.4) is 0 Å². The Morgan fingerprint density at radius 1 is 0.543 bits per heavy atom. The summed E-state index contributed by atoms with van der Waals surface area (Å²) >= 11 is 0. The summed E-state index contributed by atoms with van der Waals surface area (Å²) in [4.78, 5) is 0. The van der Waals surface area contributed by atoms with Crippen molar-refractivity contribution in [1.82, 2.24) is 0 Å². The SMILES string of the molecule is CC(C)(C)[Si](OC[C@H]1O[C@H](O)[C@H](O)[C@@H](O[Si](c2ccccc2)(c2ccccc2)C(C)(C)C)[C@@H]1O)(c1ccccc1)c1ccccc1. The van der Waals surface area contributed by atoms with Gasteiger partial charge in [0.05, 0.1) is 6.61 Å². The summed E-state index contributed by atoms with van der Waals surface area (Å²) in [6, 6.07) is 40.6. The third-order valence-electron chi connectivity index (χ3n) is 9.27. The van der Waals surface area contributed by atoms with E-state index in [0.29, 0.717) is 0 Å². The molecule has 1 fully saturated rings. The van der Waals surface area contributed by atoms with Crippen molar-refractivity contribution in [2.45, 2.75) is 82.3 Å². The fourth-order valence-electron chi connectivity index (χ4n) is 7.06. The molecule has 4 aromatic rings. The maximum Gasteiger partial charge on any atom is 0.261 e. The second kappa shape index (κ2) is 13.7. The molecule has 1 aliphatic rings. The van der Waals surface area contributed by atoms with Gasteiger partial charge >= 0.3 is 0 Å². The Morgan fingerprint density at radius 3 is 1.24 bits per heavy atom. The van der Waals surface area contributed by atoms with Gasteiger partial charge in [-0.2, -0.15) is 0 Å². The van der Waals surface area contributed by atoms with Crippen LogP contribution in [-0.2, 0) is 13.6 Å². The van der Waals surface area contributed by atoms with Crippen molar-refractivity contribution in [3.63, 3.8) is 0 Å². The Balaban J connectivity index is 1.55. The van der Waals surface area contributed by atoms with Gasteiger partial charge in [-0.3, -0.25) is 0 Å². The molecule has 0 unspecified atom stereocenters. The van der Waals surface area contributed by atoms with Crippen LogP contribution in [0.15, 0.2) is 121 Å². The van der Waals surface area contributed by atoms with Crippen LogP contribution in [0.2, 0.25) is 10.1 Å². The van der Waals surface area contributed by atoms with E-state index in [1.807, 2.05) is 72.8 Å².